The first-order chi connectivity index (χ1) is 19.1. The summed E-state index contributed by atoms with van der Waals surface area (Å²) < 4.78 is 41.3. The standard InChI is InChI=1S/C29H28F3N5O3/c1-2-26(39)35-11-9-21-27-23(37(34-21)22-8-5-17(13-25(22)38)16-3-4-16)10-12-36(24(27)15-35)28(40)19-7-6-18(14-20(19)33)29(30,31)32/h2,5-8,13-14,16,24,38H,1,3-4,9-12,15,33H2. The summed E-state index contributed by atoms with van der Waals surface area (Å²) in [5, 5.41) is 15.7. The van der Waals surface area contributed by atoms with E-state index < -0.39 is 23.7 Å². The number of aromatic hydroxyl groups is 1. The monoisotopic (exact) mass is 551 g/mol. The van der Waals surface area contributed by atoms with E-state index in [0.717, 1.165) is 47.9 Å². The molecule has 6 rings (SSSR count). The third-order valence-corrected chi connectivity index (χ3v) is 8.04. The Morgan fingerprint density at radius 2 is 1.88 bits per heavy atom. The van der Waals surface area contributed by atoms with E-state index in [4.69, 9.17) is 10.8 Å². The summed E-state index contributed by atoms with van der Waals surface area (Å²) in [5.74, 6) is -0.220. The number of phenols is 1. The quantitative estimate of drug-likeness (QED) is 0.370. The summed E-state index contributed by atoms with van der Waals surface area (Å²) in [6.07, 6.45) is -0.341. The molecule has 3 aromatic rings. The van der Waals surface area contributed by atoms with Crippen LogP contribution in [-0.4, -0.2) is 56.1 Å². The summed E-state index contributed by atoms with van der Waals surface area (Å²) in [5.41, 5.74) is 8.64. The molecule has 2 aliphatic heterocycles. The molecule has 2 aromatic carbocycles. The molecular weight excluding hydrogens is 523 g/mol. The van der Waals surface area contributed by atoms with Crippen molar-refractivity contribution in [3.63, 3.8) is 0 Å². The average molecular weight is 552 g/mol. The number of anilines is 1. The molecule has 1 aliphatic carbocycles. The average Bonchev–Trinajstić information content (AvgIpc) is 3.73. The molecule has 0 saturated heterocycles. The predicted octanol–water partition coefficient (Wildman–Crippen LogP) is 4.37. The van der Waals surface area contributed by atoms with Gasteiger partial charge in [0.25, 0.3) is 5.91 Å². The molecule has 0 bridgehead atoms. The van der Waals surface area contributed by atoms with Gasteiger partial charge < -0.3 is 20.6 Å². The Morgan fingerprint density at radius 3 is 2.52 bits per heavy atom. The van der Waals surface area contributed by atoms with E-state index >= 15 is 0 Å². The van der Waals surface area contributed by atoms with Crippen molar-refractivity contribution in [1.82, 2.24) is 19.6 Å². The van der Waals surface area contributed by atoms with Gasteiger partial charge in [-0.1, -0.05) is 12.6 Å². The summed E-state index contributed by atoms with van der Waals surface area (Å²) >= 11 is 0. The summed E-state index contributed by atoms with van der Waals surface area (Å²) in [6, 6.07) is 7.73. The van der Waals surface area contributed by atoms with Crippen LogP contribution in [0.15, 0.2) is 49.1 Å². The zero-order valence-corrected chi connectivity index (χ0v) is 21.6. The molecule has 0 spiro atoms. The van der Waals surface area contributed by atoms with Gasteiger partial charge in [0.15, 0.2) is 0 Å². The lowest BCUT2D eigenvalue weighted by atomic mass is 9.94. The number of carbonyl (C=O) groups excluding carboxylic acids is 2. The number of nitrogens with zero attached hydrogens (tertiary/aromatic N) is 4. The second kappa shape index (κ2) is 9.42. The van der Waals surface area contributed by atoms with Gasteiger partial charge >= 0.3 is 6.18 Å². The third-order valence-electron chi connectivity index (χ3n) is 8.04. The number of hydrogen-bond donors (Lipinski definition) is 2. The lowest BCUT2D eigenvalue weighted by molar-refractivity contribution is -0.137. The van der Waals surface area contributed by atoms with Crippen LogP contribution in [0.4, 0.5) is 18.9 Å². The largest absolute Gasteiger partial charge is 0.506 e. The second-order valence-corrected chi connectivity index (χ2v) is 10.5. The van der Waals surface area contributed by atoms with Crippen molar-refractivity contribution in [2.24, 2.45) is 0 Å². The minimum absolute atomic E-state index is 0.0375. The number of carbonyl (C=O) groups is 2. The zero-order chi connectivity index (χ0) is 28.3. The topological polar surface area (TPSA) is 105 Å². The van der Waals surface area contributed by atoms with Gasteiger partial charge in [0, 0.05) is 43.7 Å². The number of hydrogen-bond acceptors (Lipinski definition) is 5. The Morgan fingerprint density at radius 1 is 1.10 bits per heavy atom. The van der Waals surface area contributed by atoms with Gasteiger partial charge in [-0.15, -0.1) is 0 Å². The van der Waals surface area contributed by atoms with Crippen LogP contribution in [-0.2, 0) is 23.8 Å². The maximum atomic E-state index is 13.8. The lowest BCUT2D eigenvalue weighted by Gasteiger charge is -2.38. The van der Waals surface area contributed by atoms with Crippen LogP contribution < -0.4 is 5.73 Å². The van der Waals surface area contributed by atoms with Crippen molar-refractivity contribution < 1.29 is 27.9 Å². The molecule has 0 radical (unpaired) electrons. The Bertz CT molecular complexity index is 1540. The van der Waals surface area contributed by atoms with Crippen molar-refractivity contribution >= 4 is 17.5 Å². The second-order valence-electron chi connectivity index (χ2n) is 10.5. The number of halogens is 3. The van der Waals surface area contributed by atoms with Gasteiger partial charge in [0.1, 0.15) is 11.4 Å². The Labute approximate surface area is 228 Å². The normalized spacial score (nSPS) is 18.7. The van der Waals surface area contributed by atoms with Gasteiger partial charge in [0.2, 0.25) is 5.91 Å². The molecule has 3 aliphatic rings. The van der Waals surface area contributed by atoms with E-state index in [2.05, 4.69) is 6.58 Å². The van der Waals surface area contributed by atoms with Crippen molar-refractivity contribution in [3.8, 4) is 11.4 Å². The molecule has 1 aromatic heterocycles. The van der Waals surface area contributed by atoms with Crippen molar-refractivity contribution in [2.45, 2.75) is 43.8 Å². The van der Waals surface area contributed by atoms with E-state index in [-0.39, 0.29) is 36.0 Å². The smallest absolute Gasteiger partial charge is 0.416 e. The van der Waals surface area contributed by atoms with Gasteiger partial charge in [-0.25, -0.2) is 4.68 Å². The van der Waals surface area contributed by atoms with E-state index in [9.17, 15) is 27.9 Å². The molecular formula is C29H28F3N5O3. The highest BCUT2D eigenvalue weighted by atomic mass is 19.4. The van der Waals surface area contributed by atoms with Gasteiger partial charge in [0.05, 0.1) is 28.6 Å². The SMILES string of the molecule is C=CC(=O)N1CCc2nn(-c3ccc(C4CC4)cc3O)c3c2C(C1)N(C(=O)c1ccc(C(F)(F)F)cc1N)CC3. The van der Waals surface area contributed by atoms with Crippen LogP contribution in [0.1, 0.15) is 63.2 Å². The first-order valence-electron chi connectivity index (χ1n) is 13.2. The van der Waals surface area contributed by atoms with Crippen LogP contribution in [0.25, 0.3) is 5.69 Å². The molecule has 2 amide bonds. The molecule has 40 heavy (non-hydrogen) atoms. The number of nitrogen functional groups attached to an aromatic ring is 1. The number of phenolic OH excluding ortho intramolecular Hbond substituents is 1. The van der Waals surface area contributed by atoms with E-state index in [1.54, 1.807) is 20.5 Å². The Hall–Kier alpha value is -4.28. The number of rotatable bonds is 4. The minimum atomic E-state index is -4.59. The molecule has 1 unspecified atom stereocenters. The maximum Gasteiger partial charge on any atom is 0.416 e. The summed E-state index contributed by atoms with van der Waals surface area (Å²) in [6.45, 7) is 4.32. The zero-order valence-electron chi connectivity index (χ0n) is 21.6. The van der Waals surface area contributed by atoms with Crippen LogP contribution in [0.5, 0.6) is 5.75 Å². The fourth-order valence-corrected chi connectivity index (χ4v) is 5.84. The molecule has 1 saturated carbocycles. The van der Waals surface area contributed by atoms with Crippen molar-refractivity contribution in [2.75, 3.05) is 25.4 Å². The molecule has 1 fully saturated rings. The summed E-state index contributed by atoms with van der Waals surface area (Å²) in [4.78, 5) is 29.6. The first-order valence-corrected chi connectivity index (χ1v) is 13.2. The van der Waals surface area contributed by atoms with Crippen molar-refractivity contribution in [1.29, 1.82) is 0 Å². The van der Waals surface area contributed by atoms with Crippen LogP contribution in [0.3, 0.4) is 0 Å². The van der Waals surface area contributed by atoms with Gasteiger partial charge in [-0.05, 0) is 60.7 Å². The molecule has 1 atom stereocenters. The number of benzene rings is 2. The molecule has 3 N–H and O–H groups in total. The molecule has 8 nitrogen and oxygen atoms in total. The Balaban J connectivity index is 1.41. The van der Waals surface area contributed by atoms with Gasteiger partial charge in [-0.3, -0.25) is 9.59 Å². The van der Waals surface area contributed by atoms with Crippen molar-refractivity contribution in [3.05, 3.63) is 82.7 Å². The first kappa shape index (κ1) is 26.0. The molecule has 3 heterocycles. The maximum absolute atomic E-state index is 13.8. The Kier molecular flexibility index (Phi) is 6.12. The fraction of sp³-hybridized carbons (Fsp3) is 0.345. The van der Waals surface area contributed by atoms with Gasteiger partial charge in [-0.2, -0.15) is 18.3 Å². The highest BCUT2D eigenvalue weighted by Crippen LogP contribution is 2.43. The van der Waals surface area contributed by atoms with E-state index in [0.29, 0.717) is 36.7 Å². The lowest BCUT2D eigenvalue weighted by Crippen LogP contribution is -2.46. The highest BCUT2D eigenvalue weighted by molar-refractivity contribution is 5.99. The summed E-state index contributed by atoms with van der Waals surface area (Å²) in [7, 11) is 0. The number of amides is 2. The van der Waals surface area contributed by atoms with Crippen LogP contribution in [0, 0.1) is 0 Å². The van der Waals surface area contributed by atoms with E-state index in [1.807, 2.05) is 12.1 Å². The number of aromatic nitrogens is 2. The fourth-order valence-electron chi connectivity index (χ4n) is 5.84. The number of nitrogens with two attached hydrogens (primary N) is 1. The highest BCUT2D eigenvalue weighted by Gasteiger charge is 2.41. The van der Waals surface area contributed by atoms with E-state index in [1.165, 1.54) is 6.08 Å². The molecule has 11 heteroatoms. The minimum Gasteiger partial charge on any atom is -0.506 e. The van der Waals surface area contributed by atoms with Crippen LogP contribution >= 0.6 is 0 Å². The predicted molar refractivity (Wildman–Crippen MR) is 141 cm³/mol. The molecule has 208 valence electrons. The third kappa shape index (κ3) is 4.39. The number of alkyl halides is 3. The van der Waals surface area contributed by atoms with Crippen LogP contribution in [0.2, 0.25) is 0 Å².